The van der Waals surface area contributed by atoms with Gasteiger partial charge in [-0.3, -0.25) is 4.79 Å². The third-order valence-electron chi connectivity index (χ3n) is 3.22. The molecule has 7 heteroatoms. The van der Waals surface area contributed by atoms with Crippen LogP contribution in [0.25, 0.3) is 0 Å². The van der Waals surface area contributed by atoms with Crippen LogP contribution < -0.4 is 10.5 Å². The fraction of sp³-hybridized carbons (Fsp3) is 0.500. The summed E-state index contributed by atoms with van der Waals surface area (Å²) in [7, 11) is -3.71. The van der Waals surface area contributed by atoms with Gasteiger partial charge in [0.15, 0.2) is 0 Å². The molecule has 118 valence electrons. The summed E-state index contributed by atoms with van der Waals surface area (Å²) < 4.78 is 26.7. The fourth-order valence-electron chi connectivity index (χ4n) is 1.89. The third-order valence-corrected chi connectivity index (χ3v) is 4.62. The van der Waals surface area contributed by atoms with Crippen LogP contribution in [0.3, 0.4) is 0 Å². The van der Waals surface area contributed by atoms with Crippen molar-refractivity contribution in [3.8, 4) is 0 Å². The van der Waals surface area contributed by atoms with E-state index < -0.39 is 10.0 Å². The van der Waals surface area contributed by atoms with E-state index in [1.807, 2.05) is 13.8 Å². The lowest BCUT2D eigenvalue weighted by Gasteiger charge is -2.18. The first-order valence-corrected chi connectivity index (χ1v) is 8.43. The minimum atomic E-state index is -3.71. The van der Waals surface area contributed by atoms with Crippen LogP contribution in [0.1, 0.15) is 32.4 Å². The topological polar surface area (TPSA) is 92.5 Å². The van der Waals surface area contributed by atoms with Gasteiger partial charge in [0.05, 0.1) is 11.4 Å². The van der Waals surface area contributed by atoms with Crippen molar-refractivity contribution in [3.63, 3.8) is 0 Å². The van der Waals surface area contributed by atoms with Crippen LogP contribution in [0.4, 0.5) is 0 Å². The monoisotopic (exact) mass is 313 g/mol. The second-order valence-electron chi connectivity index (χ2n) is 4.75. The van der Waals surface area contributed by atoms with Gasteiger partial charge in [0.1, 0.15) is 0 Å². The summed E-state index contributed by atoms with van der Waals surface area (Å²) in [5.74, 6) is -0.244. The number of nitrogens with one attached hydrogen (secondary N) is 1. The molecule has 3 N–H and O–H groups in total. The van der Waals surface area contributed by atoms with Crippen molar-refractivity contribution >= 4 is 15.9 Å². The molecule has 0 aromatic heterocycles. The molecule has 1 amide bonds. The quantitative estimate of drug-likeness (QED) is 0.780. The summed E-state index contributed by atoms with van der Waals surface area (Å²) in [6.45, 7) is 6.34. The van der Waals surface area contributed by atoms with Crippen LogP contribution in [0.5, 0.6) is 0 Å². The summed E-state index contributed by atoms with van der Waals surface area (Å²) in [5.41, 5.74) is 6.48. The molecule has 1 aromatic carbocycles. The highest BCUT2D eigenvalue weighted by Crippen LogP contribution is 2.15. The molecule has 0 spiro atoms. The highest BCUT2D eigenvalue weighted by molar-refractivity contribution is 7.89. The Bertz CT molecular complexity index is 581. The summed E-state index contributed by atoms with van der Waals surface area (Å²) in [6.07, 6.45) is 0. The minimum absolute atomic E-state index is 0.115. The molecule has 0 radical (unpaired) electrons. The maximum Gasteiger partial charge on any atom is 0.241 e. The molecule has 0 saturated heterocycles. The van der Waals surface area contributed by atoms with Crippen LogP contribution in [0.2, 0.25) is 0 Å². The number of nitrogens with two attached hydrogens (primary N) is 1. The first-order valence-electron chi connectivity index (χ1n) is 6.94. The van der Waals surface area contributed by atoms with Gasteiger partial charge >= 0.3 is 0 Å². The predicted molar refractivity (Wildman–Crippen MR) is 82.2 cm³/mol. The maximum absolute atomic E-state index is 12.2. The molecular weight excluding hydrogens is 290 g/mol. The van der Waals surface area contributed by atoms with E-state index in [0.29, 0.717) is 13.1 Å². The van der Waals surface area contributed by atoms with Gasteiger partial charge in [0.2, 0.25) is 15.9 Å². The molecule has 0 fully saturated rings. The van der Waals surface area contributed by atoms with Gasteiger partial charge in [0, 0.05) is 19.1 Å². The lowest BCUT2D eigenvalue weighted by atomic mass is 10.1. The van der Waals surface area contributed by atoms with Gasteiger partial charge in [-0.2, -0.15) is 0 Å². The number of sulfonamides is 1. The lowest BCUT2D eigenvalue weighted by Crippen LogP contribution is -2.39. The Balaban J connectivity index is 2.83. The van der Waals surface area contributed by atoms with Gasteiger partial charge in [0.25, 0.3) is 0 Å². The Morgan fingerprint density at radius 1 is 1.33 bits per heavy atom. The smallest absolute Gasteiger partial charge is 0.241 e. The molecule has 0 aliphatic carbocycles. The van der Waals surface area contributed by atoms with E-state index in [1.54, 1.807) is 24.0 Å². The van der Waals surface area contributed by atoms with E-state index in [1.165, 1.54) is 12.1 Å². The van der Waals surface area contributed by atoms with Crippen LogP contribution in [-0.2, 0) is 14.8 Å². The van der Waals surface area contributed by atoms with Crippen molar-refractivity contribution in [1.29, 1.82) is 0 Å². The first kappa shape index (κ1) is 17.6. The Labute approximate surface area is 126 Å². The molecule has 6 nitrogen and oxygen atoms in total. The average Bonchev–Trinajstić information content (AvgIpc) is 2.46. The minimum Gasteiger partial charge on any atom is -0.342 e. The number of nitrogens with zero attached hydrogens (tertiary/aromatic N) is 1. The Kier molecular flexibility index (Phi) is 6.32. The molecule has 0 aliphatic heterocycles. The van der Waals surface area contributed by atoms with Crippen LogP contribution in [-0.4, -0.2) is 38.9 Å². The maximum atomic E-state index is 12.2. The number of benzene rings is 1. The molecule has 0 heterocycles. The SMILES string of the molecule is CCN(CC)C(=O)CNS(=O)(=O)c1cccc(C(C)N)c1. The molecular formula is C14H23N3O3S. The van der Waals surface area contributed by atoms with Crippen molar-refractivity contribution in [3.05, 3.63) is 29.8 Å². The zero-order valence-electron chi connectivity index (χ0n) is 12.7. The summed E-state index contributed by atoms with van der Waals surface area (Å²) in [5, 5.41) is 0. The van der Waals surface area contributed by atoms with Crippen molar-refractivity contribution in [2.75, 3.05) is 19.6 Å². The van der Waals surface area contributed by atoms with Gasteiger partial charge < -0.3 is 10.6 Å². The average molecular weight is 313 g/mol. The second kappa shape index (κ2) is 7.53. The molecule has 1 rings (SSSR count). The zero-order valence-corrected chi connectivity index (χ0v) is 13.5. The fourth-order valence-corrected chi connectivity index (χ4v) is 2.92. The highest BCUT2D eigenvalue weighted by atomic mass is 32.2. The molecule has 0 aliphatic rings. The summed E-state index contributed by atoms with van der Waals surface area (Å²) in [4.78, 5) is 13.5. The standard InChI is InChI=1S/C14H23N3O3S/c1-4-17(5-2)14(18)10-16-21(19,20)13-8-6-7-12(9-13)11(3)15/h6-9,11,16H,4-5,10,15H2,1-3H3. The second-order valence-corrected chi connectivity index (χ2v) is 6.52. The molecule has 0 bridgehead atoms. The number of hydrogen-bond donors (Lipinski definition) is 2. The van der Waals surface area contributed by atoms with Crippen molar-refractivity contribution in [2.45, 2.75) is 31.7 Å². The van der Waals surface area contributed by atoms with Gasteiger partial charge in [-0.25, -0.2) is 13.1 Å². The van der Waals surface area contributed by atoms with Gasteiger partial charge in [-0.1, -0.05) is 12.1 Å². The van der Waals surface area contributed by atoms with Gasteiger partial charge in [-0.15, -0.1) is 0 Å². The third kappa shape index (κ3) is 4.80. The molecule has 1 atom stereocenters. The zero-order chi connectivity index (χ0) is 16.0. The largest absolute Gasteiger partial charge is 0.342 e. The molecule has 1 unspecified atom stereocenters. The lowest BCUT2D eigenvalue weighted by molar-refractivity contribution is -0.129. The van der Waals surface area contributed by atoms with E-state index in [-0.39, 0.29) is 23.4 Å². The molecule has 21 heavy (non-hydrogen) atoms. The number of likely N-dealkylation sites (N-methyl/N-ethyl adjacent to an activating group) is 1. The van der Waals surface area contributed by atoms with E-state index in [4.69, 9.17) is 5.73 Å². The first-order chi connectivity index (χ1) is 9.81. The Hall–Kier alpha value is -1.44. The molecule has 0 saturated carbocycles. The van der Waals surface area contributed by atoms with E-state index >= 15 is 0 Å². The van der Waals surface area contributed by atoms with Crippen LogP contribution >= 0.6 is 0 Å². The number of amides is 1. The number of hydrogen-bond acceptors (Lipinski definition) is 4. The summed E-state index contributed by atoms with van der Waals surface area (Å²) >= 11 is 0. The van der Waals surface area contributed by atoms with E-state index in [2.05, 4.69) is 4.72 Å². The number of carbonyl (C=O) groups excluding carboxylic acids is 1. The van der Waals surface area contributed by atoms with Gasteiger partial charge in [-0.05, 0) is 38.5 Å². The van der Waals surface area contributed by atoms with E-state index in [0.717, 1.165) is 5.56 Å². The van der Waals surface area contributed by atoms with Crippen molar-refractivity contribution < 1.29 is 13.2 Å². The Morgan fingerprint density at radius 3 is 2.48 bits per heavy atom. The highest BCUT2D eigenvalue weighted by Gasteiger charge is 2.18. The van der Waals surface area contributed by atoms with Crippen molar-refractivity contribution in [1.82, 2.24) is 9.62 Å². The van der Waals surface area contributed by atoms with Crippen LogP contribution in [0.15, 0.2) is 29.2 Å². The summed E-state index contributed by atoms with van der Waals surface area (Å²) in [6, 6.07) is 6.16. The predicted octanol–water partition coefficient (Wildman–Crippen LogP) is 0.853. The molecule has 1 aromatic rings. The Morgan fingerprint density at radius 2 is 1.95 bits per heavy atom. The van der Waals surface area contributed by atoms with Crippen LogP contribution in [0, 0.1) is 0 Å². The number of rotatable bonds is 7. The van der Waals surface area contributed by atoms with E-state index in [9.17, 15) is 13.2 Å². The normalized spacial score (nSPS) is 13.0. The number of carbonyl (C=O) groups is 1. The van der Waals surface area contributed by atoms with Crippen molar-refractivity contribution in [2.24, 2.45) is 5.73 Å².